The molecular weight excluding hydrogens is 333 g/mol. The van der Waals surface area contributed by atoms with Crippen LogP contribution in [0.25, 0.3) is 11.1 Å². The quantitative estimate of drug-likeness (QED) is 0.775. The molecule has 1 aromatic heterocycles. The first-order chi connectivity index (χ1) is 12.7. The predicted octanol–water partition coefficient (Wildman–Crippen LogP) is 3.79. The summed E-state index contributed by atoms with van der Waals surface area (Å²) in [6, 6.07) is 13.6. The third kappa shape index (κ3) is 3.75. The van der Waals surface area contributed by atoms with E-state index >= 15 is 0 Å². The highest BCUT2D eigenvalue weighted by atomic mass is 19.1. The van der Waals surface area contributed by atoms with Crippen LogP contribution >= 0.6 is 0 Å². The Morgan fingerprint density at radius 1 is 1.15 bits per heavy atom. The van der Waals surface area contributed by atoms with Crippen molar-refractivity contribution in [1.82, 2.24) is 9.88 Å². The lowest BCUT2D eigenvalue weighted by molar-refractivity contribution is -0.117. The molecule has 0 unspecified atom stereocenters. The molecule has 1 aliphatic rings. The molecule has 1 fully saturated rings. The van der Waals surface area contributed by atoms with Gasteiger partial charge >= 0.3 is 0 Å². The summed E-state index contributed by atoms with van der Waals surface area (Å²) in [5.41, 5.74) is 2.32. The van der Waals surface area contributed by atoms with Crippen LogP contribution in [0.3, 0.4) is 0 Å². The standard InChI is InChI=1S/C20H20FN3O2/c21-15-5-7-16(8-6-15)22-19(25)13-24-11-9-14(10-12-24)20-23-17-3-1-2-4-18(17)26-20/h1-8,14H,9-13H2,(H,22,25). The van der Waals surface area contributed by atoms with Crippen molar-refractivity contribution in [3.05, 3.63) is 60.2 Å². The molecule has 1 saturated heterocycles. The fourth-order valence-corrected chi connectivity index (χ4v) is 3.34. The van der Waals surface area contributed by atoms with Gasteiger partial charge in [0.1, 0.15) is 11.3 Å². The van der Waals surface area contributed by atoms with Crippen molar-refractivity contribution in [3.63, 3.8) is 0 Å². The summed E-state index contributed by atoms with van der Waals surface area (Å²) in [6.07, 6.45) is 1.83. The largest absolute Gasteiger partial charge is 0.440 e. The summed E-state index contributed by atoms with van der Waals surface area (Å²) >= 11 is 0. The van der Waals surface area contributed by atoms with Gasteiger partial charge in [0.05, 0.1) is 6.54 Å². The molecule has 0 radical (unpaired) electrons. The number of aromatic nitrogens is 1. The van der Waals surface area contributed by atoms with Crippen LogP contribution in [0.2, 0.25) is 0 Å². The van der Waals surface area contributed by atoms with Crippen LogP contribution in [0.1, 0.15) is 24.7 Å². The molecule has 134 valence electrons. The van der Waals surface area contributed by atoms with Crippen molar-refractivity contribution in [3.8, 4) is 0 Å². The molecule has 2 heterocycles. The fourth-order valence-electron chi connectivity index (χ4n) is 3.34. The maximum absolute atomic E-state index is 12.9. The highest BCUT2D eigenvalue weighted by Crippen LogP contribution is 2.29. The Morgan fingerprint density at radius 3 is 2.62 bits per heavy atom. The third-order valence-electron chi connectivity index (χ3n) is 4.74. The number of benzene rings is 2. The summed E-state index contributed by atoms with van der Waals surface area (Å²) in [7, 11) is 0. The fraction of sp³-hybridized carbons (Fsp3) is 0.300. The van der Waals surface area contributed by atoms with Crippen molar-refractivity contribution in [2.24, 2.45) is 0 Å². The van der Waals surface area contributed by atoms with Gasteiger partial charge in [-0.15, -0.1) is 0 Å². The van der Waals surface area contributed by atoms with E-state index in [9.17, 15) is 9.18 Å². The van der Waals surface area contributed by atoms with Gasteiger partial charge < -0.3 is 9.73 Å². The molecule has 2 aromatic carbocycles. The number of hydrogen-bond acceptors (Lipinski definition) is 4. The molecule has 1 amide bonds. The second-order valence-electron chi connectivity index (χ2n) is 6.63. The second kappa shape index (κ2) is 7.25. The Kier molecular flexibility index (Phi) is 4.67. The number of nitrogens with zero attached hydrogens (tertiary/aromatic N) is 2. The van der Waals surface area contributed by atoms with Crippen LogP contribution in [-0.2, 0) is 4.79 Å². The summed E-state index contributed by atoms with van der Waals surface area (Å²) in [5, 5.41) is 2.80. The van der Waals surface area contributed by atoms with E-state index in [0.29, 0.717) is 18.2 Å². The zero-order chi connectivity index (χ0) is 17.9. The number of fused-ring (bicyclic) bond motifs is 1. The normalized spacial score (nSPS) is 16.0. The van der Waals surface area contributed by atoms with Crippen LogP contribution in [-0.4, -0.2) is 35.4 Å². The lowest BCUT2D eigenvalue weighted by atomic mass is 9.97. The summed E-state index contributed by atoms with van der Waals surface area (Å²) < 4.78 is 18.8. The zero-order valence-corrected chi connectivity index (χ0v) is 14.3. The number of rotatable bonds is 4. The van der Waals surface area contributed by atoms with E-state index in [-0.39, 0.29) is 11.7 Å². The van der Waals surface area contributed by atoms with E-state index in [1.54, 1.807) is 12.1 Å². The number of hydrogen-bond donors (Lipinski definition) is 1. The minimum absolute atomic E-state index is 0.0862. The first-order valence-corrected chi connectivity index (χ1v) is 8.80. The van der Waals surface area contributed by atoms with Gasteiger partial charge in [-0.2, -0.15) is 0 Å². The SMILES string of the molecule is O=C(CN1CCC(c2nc3ccccc3o2)CC1)Nc1ccc(F)cc1. The first-order valence-electron chi connectivity index (χ1n) is 8.80. The molecule has 1 aliphatic heterocycles. The smallest absolute Gasteiger partial charge is 0.238 e. The molecule has 0 saturated carbocycles. The second-order valence-corrected chi connectivity index (χ2v) is 6.63. The monoisotopic (exact) mass is 353 g/mol. The van der Waals surface area contributed by atoms with Gasteiger partial charge in [-0.05, 0) is 62.3 Å². The number of nitrogens with one attached hydrogen (secondary N) is 1. The minimum Gasteiger partial charge on any atom is -0.440 e. The Balaban J connectivity index is 1.30. The highest BCUT2D eigenvalue weighted by molar-refractivity contribution is 5.92. The van der Waals surface area contributed by atoms with Gasteiger partial charge in [0.25, 0.3) is 0 Å². The number of anilines is 1. The topological polar surface area (TPSA) is 58.4 Å². The van der Waals surface area contributed by atoms with Gasteiger partial charge in [0.15, 0.2) is 11.5 Å². The highest BCUT2D eigenvalue weighted by Gasteiger charge is 2.25. The number of piperidine rings is 1. The van der Waals surface area contributed by atoms with Crippen molar-refractivity contribution < 1.29 is 13.6 Å². The molecule has 0 atom stereocenters. The van der Waals surface area contributed by atoms with Gasteiger partial charge in [0.2, 0.25) is 5.91 Å². The Morgan fingerprint density at radius 2 is 1.88 bits per heavy atom. The average molecular weight is 353 g/mol. The number of amides is 1. The summed E-state index contributed by atoms with van der Waals surface area (Å²) in [5.74, 6) is 0.682. The number of para-hydroxylation sites is 2. The maximum Gasteiger partial charge on any atom is 0.238 e. The molecule has 6 heteroatoms. The van der Waals surface area contributed by atoms with Gasteiger partial charge in [0, 0.05) is 11.6 Å². The molecular formula is C20H20FN3O2. The number of carbonyl (C=O) groups is 1. The van der Waals surface area contributed by atoms with Crippen molar-refractivity contribution >= 4 is 22.7 Å². The van der Waals surface area contributed by atoms with E-state index in [0.717, 1.165) is 42.9 Å². The van der Waals surface area contributed by atoms with Crippen LogP contribution < -0.4 is 5.32 Å². The van der Waals surface area contributed by atoms with Crippen LogP contribution in [0.5, 0.6) is 0 Å². The third-order valence-corrected chi connectivity index (χ3v) is 4.74. The van der Waals surface area contributed by atoms with Crippen molar-refractivity contribution in [2.75, 3.05) is 25.0 Å². The summed E-state index contributed by atoms with van der Waals surface area (Å²) in [4.78, 5) is 18.9. The molecule has 5 nitrogen and oxygen atoms in total. The first kappa shape index (κ1) is 16.7. The minimum atomic E-state index is -0.315. The van der Waals surface area contributed by atoms with Crippen molar-refractivity contribution in [2.45, 2.75) is 18.8 Å². The molecule has 0 aliphatic carbocycles. The predicted molar refractivity (Wildman–Crippen MR) is 97.5 cm³/mol. The number of oxazole rings is 1. The Labute approximate surface area is 150 Å². The van der Waals surface area contributed by atoms with Gasteiger partial charge in [-0.1, -0.05) is 12.1 Å². The van der Waals surface area contributed by atoms with E-state index in [1.165, 1.54) is 12.1 Å². The molecule has 26 heavy (non-hydrogen) atoms. The molecule has 4 rings (SSSR count). The van der Waals surface area contributed by atoms with Crippen molar-refractivity contribution in [1.29, 1.82) is 0 Å². The average Bonchev–Trinajstić information content (AvgIpc) is 3.08. The van der Waals surface area contributed by atoms with Gasteiger partial charge in [-0.3, -0.25) is 9.69 Å². The number of carbonyl (C=O) groups excluding carboxylic acids is 1. The van der Waals surface area contributed by atoms with Crippen LogP contribution in [0.4, 0.5) is 10.1 Å². The maximum atomic E-state index is 12.9. The molecule has 3 aromatic rings. The Bertz CT molecular complexity index is 866. The van der Waals surface area contributed by atoms with Crippen LogP contribution in [0.15, 0.2) is 52.9 Å². The number of halogens is 1. The Hall–Kier alpha value is -2.73. The number of likely N-dealkylation sites (tertiary alicyclic amines) is 1. The van der Waals surface area contributed by atoms with Crippen LogP contribution in [0, 0.1) is 5.82 Å². The lowest BCUT2D eigenvalue weighted by Gasteiger charge is -2.29. The van der Waals surface area contributed by atoms with E-state index in [4.69, 9.17) is 4.42 Å². The molecule has 1 N–H and O–H groups in total. The van der Waals surface area contributed by atoms with Gasteiger partial charge in [-0.25, -0.2) is 9.37 Å². The lowest BCUT2D eigenvalue weighted by Crippen LogP contribution is -2.38. The van der Waals surface area contributed by atoms with E-state index < -0.39 is 0 Å². The zero-order valence-electron chi connectivity index (χ0n) is 14.3. The summed E-state index contributed by atoms with van der Waals surface area (Å²) in [6.45, 7) is 1.97. The molecule has 0 spiro atoms. The van der Waals surface area contributed by atoms with E-state index in [1.807, 2.05) is 24.3 Å². The van der Waals surface area contributed by atoms with E-state index in [2.05, 4.69) is 15.2 Å². The molecule has 0 bridgehead atoms.